The highest BCUT2D eigenvalue weighted by Gasteiger charge is 2.09. The van der Waals surface area contributed by atoms with Gasteiger partial charge in [-0.2, -0.15) is 0 Å². The van der Waals surface area contributed by atoms with Gasteiger partial charge in [0.05, 0.1) is 5.52 Å². The molecule has 25 heavy (non-hydrogen) atoms. The first kappa shape index (κ1) is 15.6. The molecule has 0 bridgehead atoms. The molecule has 0 spiro atoms. The van der Waals surface area contributed by atoms with Crippen molar-refractivity contribution in [3.63, 3.8) is 0 Å². The van der Waals surface area contributed by atoms with Gasteiger partial charge in [-0.1, -0.05) is 66.7 Å². The molecule has 0 aliphatic rings. The second-order valence-electron chi connectivity index (χ2n) is 6.18. The van der Waals surface area contributed by atoms with E-state index in [9.17, 15) is 4.79 Å². The van der Waals surface area contributed by atoms with Crippen LogP contribution in [0.3, 0.4) is 0 Å². The number of pyridine rings is 1. The van der Waals surface area contributed by atoms with Crippen LogP contribution in [0.5, 0.6) is 0 Å². The minimum Gasteiger partial charge on any atom is -0.311 e. The smallest absolute Gasteiger partial charge is 0.258 e. The zero-order valence-electron chi connectivity index (χ0n) is 14.0. The van der Waals surface area contributed by atoms with E-state index in [1.165, 1.54) is 5.56 Å². The molecular weight excluding hydrogens is 308 g/mol. The Morgan fingerprint density at radius 1 is 0.720 bits per heavy atom. The number of hydrogen-bond acceptors (Lipinski definition) is 2. The van der Waals surface area contributed by atoms with Crippen molar-refractivity contribution < 1.29 is 0 Å². The maximum Gasteiger partial charge on any atom is 0.258 e. The molecular formula is C22H20N2O. The van der Waals surface area contributed by atoms with E-state index in [1.54, 1.807) is 0 Å². The Hall–Kier alpha value is -2.91. The first-order chi connectivity index (χ1) is 12.3. The van der Waals surface area contributed by atoms with Gasteiger partial charge in [-0.3, -0.25) is 4.79 Å². The highest BCUT2D eigenvalue weighted by atomic mass is 16.1. The molecule has 0 aliphatic carbocycles. The van der Waals surface area contributed by atoms with Gasteiger partial charge in [-0.15, -0.1) is 0 Å². The molecule has 0 unspecified atom stereocenters. The summed E-state index contributed by atoms with van der Waals surface area (Å²) in [4.78, 5) is 12.9. The molecule has 0 aliphatic heterocycles. The summed E-state index contributed by atoms with van der Waals surface area (Å²) in [5.74, 6) is 0. The SMILES string of the molecule is O=c1c2ccccc2c2ccccc2n1CCNCc1ccccc1. The lowest BCUT2D eigenvalue weighted by molar-refractivity contribution is 0.600. The number of rotatable bonds is 5. The number of hydrogen-bond donors (Lipinski definition) is 1. The van der Waals surface area contributed by atoms with Crippen molar-refractivity contribution in [3.8, 4) is 0 Å². The van der Waals surface area contributed by atoms with Crippen LogP contribution < -0.4 is 10.9 Å². The van der Waals surface area contributed by atoms with Gasteiger partial charge in [0.1, 0.15) is 0 Å². The molecule has 0 atom stereocenters. The minimum atomic E-state index is 0.0795. The summed E-state index contributed by atoms with van der Waals surface area (Å²) >= 11 is 0. The molecule has 3 aromatic carbocycles. The van der Waals surface area contributed by atoms with E-state index in [1.807, 2.05) is 65.2 Å². The van der Waals surface area contributed by atoms with E-state index in [-0.39, 0.29) is 5.56 Å². The van der Waals surface area contributed by atoms with E-state index in [2.05, 4.69) is 23.5 Å². The largest absolute Gasteiger partial charge is 0.311 e. The lowest BCUT2D eigenvalue weighted by atomic mass is 10.1. The summed E-state index contributed by atoms with van der Waals surface area (Å²) in [7, 11) is 0. The summed E-state index contributed by atoms with van der Waals surface area (Å²) < 4.78 is 1.88. The van der Waals surface area contributed by atoms with E-state index in [0.29, 0.717) is 6.54 Å². The second kappa shape index (κ2) is 6.91. The van der Waals surface area contributed by atoms with Crippen molar-refractivity contribution in [1.82, 2.24) is 9.88 Å². The van der Waals surface area contributed by atoms with Crippen LogP contribution in [0.2, 0.25) is 0 Å². The summed E-state index contributed by atoms with van der Waals surface area (Å²) in [6, 6.07) is 26.3. The van der Waals surface area contributed by atoms with Crippen LogP contribution in [0.4, 0.5) is 0 Å². The van der Waals surface area contributed by atoms with Crippen LogP contribution >= 0.6 is 0 Å². The van der Waals surface area contributed by atoms with Gasteiger partial charge >= 0.3 is 0 Å². The second-order valence-corrected chi connectivity index (χ2v) is 6.18. The Morgan fingerprint density at radius 2 is 1.36 bits per heavy atom. The Labute approximate surface area is 146 Å². The molecule has 4 aromatic rings. The lowest BCUT2D eigenvalue weighted by Crippen LogP contribution is -2.27. The molecule has 3 heteroatoms. The molecule has 0 amide bonds. The van der Waals surface area contributed by atoms with Crippen LogP contribution in [0.15, 0.2) is 83.7 Å². The van der Waals surface area contributed by atoms with Crippen LogP contribution in [-0.2, 0) is 13.1 Å². The number of nitrogens with one attached hydrogen (secondary N) is 1. The lowest BCUT2D eigenvalue weighted by Gasteiger charge is -2.13. The van der Waals surface area contributed by atoms with E-state index in [4.69, 9.17) is 0 Å². The first-order valence-corrected chi connectivity index (χ1v) is 8.59. The van der Waals surface area contributed by atoms with Gasteiger partial charge in [0.15, 0.2) is 0 Å². The van der Waals surface area contributed by atoms with Gasteiger partial charge in [0.2, 0.25) is 0 Å². The summed E-state index contributed by atoms with van der Waals surface area (Å²) in [5, 5.41) is 6.36. The maximum absolute atomic E-state index is 12.9. The normalized spacial score (nSPS) is 11.2. The fourth-order valence-electron chi connectivity index (χ4n) is 3.34. The van der Waals surface area contributed by atoms with Gasteiger partial charge in [-0.25, -0.2) is 0 Å². The molecule has 124 valence electrons. The first-order valence-electron chi connectivity index (χ1n) is 8.59. The Balaban J connectivity index is 1.64. The van der Waals surface area contributed by atoms with Gasteiger partial charge < -0.3 is 9.88 Å². The van der Waals surface area contributed by atoms with E-state index < -0.39 is 0 Å². The quantitative estimate of drug-likeness (QED) is 0.445. The number of nitrogens with zero attached hydrogens (tertiary/aromatic N) is 1. The molecule has 3 nitrogen and oxygen atoms in total. The Morgan fingerprint density at radius 3 is 2.16 bits per heavy atom. The van der Waals surface area contributed by atoms with Crippen LogP contribution in [-0.4, -0.2) is 11.1 Å². The summed E-state index contributed by atoms with van der Waals surface area (Å²) in [6.45, 7) is 2.20. The van der Waals surface area contributed by atoms with Crippen molar-refractivity contribution >= 4 is 21.7 Å². The minimum absolute atomic E-state index is 0.0795. The molecule has 4 rings (SSSR count). The summed E-state index contributed by atoms with van der Waals surface area (Å²) in [6.07, 6.45) is 0. The molecule has 0 saturated carbocycles. The number of fused-ring (bicyclic) bond motifs is 3. The average Bonchev–Trinajstić information content (AvgIpc) is 2.68. The van der Waals surface area contributed by atoms with Crippen molar-refractivity contribution in [2.45, 2.75) is 13.1 Å². The van der Waals surface area contributed by atoms with Crippen molar-refractivity contribution in [3.05, 3.63) is 94.8 Å². The number of aromatic nitrogens is 1. The Bertz CT molecular complexity index is 1070. The molecule has 1 aromatic heterocycles. The van der Waals surface area contributed by atoms with Gasteiger partial charge in [0, 0.05) is 30.4 Å². The number of para-hydroxylation sites is 1. The van der Waals surface area contributed by atoms with E-state index >= 15 is 0 Å². The molecule has 0 saturated heterocycles. The highest BCUT2D eigenvalue weighted by Crippen LogP contribution is 2.22. The summed E-state index contributed by atoms with van der Waals surface area (Å²) in [5.41, 5.74) is 2.32. The Kier molecular flexibility index (Phi) is 4.32. The third-order valence-corrected chi connectivity index (χ3v) is 4.57. The van der Waals surface area contributed by atoms with Gasteiger partial charge in [-0.05, 0) is 23.1 Å². The van der Waals surface area contributed by atoms with Gasteiger partial charge in [0.25, 0.3) is 5.56 Å². The van der Waals surface area contributed by atoms with Crippen molar-refractivity contribution in [1.29, 1.82) is 0 Å². The third-order valence-electron chi connectivity index (χ3n) is 4.57. The molecule has 0 radical (unpaired) electrons. The third kappa shape index (κ3) is 3.06. The maximum atomic E-state index is 12.9. The zero-order chi connectivity index (χ0) is 17.1. The average molecular weight is 328 g/mol. The van der Waals surface area contributed by atoms with Crippen LogP contribution in [0.1, 0.15) is 5.56 Å². The van der Waals surface area contributed by atoms with Crippen LogP contribution in [0.25, 0.3) is 21.7 Å². The standard InChI is InChI=1S/C22H20N2O/c25-22-20-12-5-4-10-18(20)19-11-6-7-13-21(19)24(22)15-14-23-16-17-8-2-1-3-9-17/h1-13,23H,14-16H2. The fourth-order valence-corrected chi connectivity index (χ4v) is 3.34. The van der Waals surface area contributed by atoms with Crippen LogP contribution in [0, 0.1) is 0 Å². The molecule has 1 N–H and O–H groups in total. The monoisotopic (exact) mass is 328 g/mol. The van der Waals surface area contributed by atoms with Crippen molar-refractivity contribution in [2.75, 3.05) is 6.54 Å². The zero-order valence-corrected chi connectivity index (χ0v) is 14.0. The highest BCUT2D eigenvalue weighted by molar-refractivity contribution is 6.05. The predicted molar refractivity (Wildman–Crippen MR) is 104 cm³/mol. The molecule has 0 fully saturated rings. The molecule has 1 heterocycles. The predicted octanol–water partition coefficient (Wildman–Crippen LogP) is 3.94. The fraction of sp³-hybridized carbons (Fsp3) is 0.136. The number of benzene rings is 3. The topological polar surface area (TPSA) is 34.0 Å². The van der Waals surface area contributed by atoms with Crippen molar-refractivity contribution in [2.24, 2.45) is 0 Å². The van der Waals surface area contributed by atoms with E-state index in [0.717, 1.165) is 34.8 Å².